The first-order chi connectivity index (χ1) is 13.5. The quantitative estimate of drug-likeness (QED) is 0.533. The highest BCUT2D eigenvalue weighted by Gasteiger charge is 2.23. The number of nitro benzene ring substituents is 1. The fourth-order valence-electron chi connectivity index (χ4n) is 3.56. The Morgan fingerprint density at radius 1 is 1.14 bits per heavy atom. The van der Waals surface area contributed by atoms with Crippen molar-refractivity contribution >= 4 is 11.6 Å². The minimum atomic E-state index is -0.501. The van der Waals surface area contributed by atoms with E-state index in [0.717, 1.165) is 38.8 Å². The van der Waals surface area contributed by atoms with Crippen LogP contribution in [-0.2, 0) is 11.2 Å². The standard InChI is InChI=1S/C22H26N2O4/c1-17-6-8-18(9-7-17)10-11-19-12-14-23(15-13-19)22(25)16-28-21-5-3-2-4-20(21)24(26)27/h2-9,19H,10-16H2,1H3. The lowest BCUT2D eigenvalue weighted by molar-refractivity contribution is -0.385. The lowest BCUT2D eigenvalue weighted by atomic mass is 9.90. The van der Waals surface area contributed by atoms with Crippen LogP contribution in [-0.4, -0.2) is 35.4 Å². The van der Waals surface area contributed by atoms with Gasteiger partial charge in [-0.25, -0.2) is 0 Å². The van der Waals surface area contributed by atoms with Crippen molar-refractivity contribution in [2.75, 3.05) is 19.7 Å². The molecule has 148 valence electrons. The molecule has 0 saturated carbocycles. The van der Waals surface area contributed by atoms with Crippen molar-refractivity contribution < 1.29 is 14.5 Å². The number of carbonyl (C=O) groups is 1. The first-order valence-electron chi connectivity index (χ1n) is 9.72. The SMILES string of the molecule is Cc1ccc(CCC2CCN(C(=O)COc3ccccc3[N+](=O)[O-])CC2)cc1. The summed E-state index contributed by atoms with van der Waals surface area (Å²) in [6.45, 7) is 3.37. The van der Waals surface area contributed by atoms with Crippen LogP contribution in [0.2, 0.25) is 0 Å². The van der Waals surface area contributed by atoms with Crippen molar-refractivity contribution in [2.45, 2.75) is 32.6 Å². The molecule has 0 radical (unpaired) electrons. The summed E-state index contributed by atoms with van der Waals surface area (Å²) in [5, 5.41) is 11.0. The summed E-state index contributed by atoms with van der Waals surface area (Å²) in [6, 6.07) is 14.8. The van der Waals surface area contributed by atoms with E-state index >= 15 is 0 Å². The second-order valence-corrected chi connectivity index (χ2v) is 7.36. The second kappa shape index (κ2) is 9.35. The van der Waals surface area contributed by atoms with Crippen molar-refractivity contribution in [3.63, 3.8) is 0 Å². The second-order valence-electron chi connectivity index (χ2n) is 7.36. The van der Waals surface area contributed by atoms with E-state index in [9.17, 15) is 14.9 Å². The van der Waals surface area contributed by atoms with Gasteiger partial charge in [-0.1, -0.05) is 42.0 Å². The van der Waals surface area contributed by atoms with Gasteiger partial charge >= 0.3 is 5.69 Å². The Kier molecular flexibility index (Phi) is 6.63. The summed E-state index contributed by atoms with van der Waals surface area (Å²) < 4.78 is 5.42. The van der Waals surface area contributed by atoms with Gasteiger partial charge in [0.1, 0.15) is 0 Å². The molecule has 1 saturated heterocycles. The summed E-state index contributed by atoms with van der Waals surface area (Å²) in [4.78, 5) is 24.7. The van der Waals surface area contributed by atoms with Crippen LogP contribution >= 0.6 is 0 Å². The van der Waals surface area contributed by atoms with Crippen LogP contribution in [0.15, 0.2) is 48.5 Å². The molecule has 0 spiro atoms. The number of rotatable bonds is 7. The third kappa shape index (κ3) is 5.31. The Balaban J connectivity index is 1.42. The molecule has 2 aromatic rings. The van der Waals surface area contributed by atoms with Crippen LogP contribution in [0, 0.1) is 23.0 Å². The van der Waals surface area contributed by atoms with Gasteiger partial charge in [-0.15, -0.1) is 0 Å². The number of likely N-dealkylation sites (tertiary alicyclic amines) is 1. The van der Waals surface area contributed by atoms with Crippen LogP contribution < -0.4 is 4.74 Å². The molecule has 3 rings (SSSR count). The summed E-state index contributed by atoms with van der Waals surface area (Å²) in [5.41, 5.74) is 2.52. The first-order valence-corrected chi connectivity index (χ1v) is 9.72. The highest BCUT2D eigenvalue weighted by atomic mass is 16.6. The van der Waals surface area contributed by atoms with Crippen LogP contribution in [0.3, 0.4) is 0 Å². The Bertz CT molecular complexity index is 812. The number of piperidine rings is 1. The van der Waals surface area contributed by atoms with Crippen LogP contribution in [0.1, 0.15) is 30.4 Å². The lowest BCUT2D eigenvalue weighted by Gasteiger charge is -2.32. The predicted molar refractivity (Wildman–Crippen MR) is 107 cm³/mol. The van der Waals surface area contributed by atoms with Gasteiger partial charge in [0.2, 0.25) is 0 Å². The Hall–Kier alpha value is -2.89. The topological polar surface area (TPSA) is 72.7 Å². The van der Waals surface area contributed by atoms with Crippen molar-refractivity contribution in [1.29, 1.82) is 0 Å². The molecule has 0 bridgehead atoms. The van der Waals surface area contributed by atoms with Gasteiger partial charge in [-0.05, 0) is 50.2 Å². The molecule has 0 aliphatic carbocycles. The first kappa shape index (κ1) is 19.9. The minimum Gasteiger partial charge on any atom is -0.477 e. The molecule has 6 heteroatoms. The van der Waals surface area contributed by atoms with E-state index in [1.807, 2.05) is 0 Å². The van der Waals surface area contributed by atoms with Crippen molar-refractivity contribution in [3.8, 4) is 5.75 Å². The summed E-state index contributed by atoms with van der Waals surface area (Å²) in [7, 11) is 0. The number of hydrogen-bond acceptors (Lipinski definition) is 4. The average molecular weight is 382 g/mol. The fourth-order valence-corrected chi connectivity index (χ4v) is 3.56. The number of carbonyl (C=O) groups excluding carboxylic acids is 1. The van der Waals surface area contributed by atoms with E-state index in [1.165, 1.54) is 23.3 Å². The van der Waals surface area contributed by atoms with Crippen molar-refractivity contribution in [1.82, 2.24) is 4.90 Å². The summed E-state index contributed by atoms with van der Waals surface area (Å²) >= 11 is 0. The number of nitro groups is 1. The van der Waals surface area contributed by atoms with E-state index in [1.54, 1.807) is 17.0 Å². The van der Waals surface area contributed by atoms with Gasteiger partial charge in [-0.2, -0.15) is 0 Å². The molecule has 1 fully saturated rings. The third-order valence-electron chi connectivity index (χ3n) is 5.34. The smallest absolute Gasteiger partial charge is 0.310 e. The number of amides is 1. The molecule has 0 unspecified atom stereocenters. The minimum absolute atomic E-state index is 0.116. The van der Waals surface area contributed by atoms with E-state index in [0.29, 0.717) is 5.92 Å². The van der Waals surface area contributed by atoms with Gasteiger partial charge in [0.05, 0.1) is 4.92 Å². The zero-order valence-electron chi connectivity index (χ0n) is 16.2. The summed E-state index contributed by atoms with van der Waals surface area (Å²) in [5.74, 6) is 0.644. The van der Waals surface area contributed by atoms with Crippen molar-refractivity contribution in [3.05, 3.63) is 69.8 Å². The van der Waals surface area contributed by atoms with Crippen molar-refractivity contribution in [2.24, 2.45) is 5.92 Å². The molecular weight excluding hydrogens is 356 g/mol. The Morgan fingerprint density at radius 2 is 1.82 bits per heavy atom. The molecule has 28 heavy (non-hydrogen) atoms. The molecule has 1 heterocycles. The molecule has 2 aromatic carbocycles. The van der Waals surface area contributed by atoms with Gasteiger partial charge in [0.15, 0.2) is 12.4 Å². The highest BCUT2D eigenvalue weighted by molar-refractivity contribution is 5.78. The summed E-state index contributed by atoms with van der Waals surface area (Å²) in [6.07, 6.45) is 4.18. The predicted octanol–water partition coefficient (Wildman–Crippen LogP) is 4.15. The molecule has 0 aromatic heterocycles. The maximum Gasteiger partial charge on any atom is 0.310 e. The fraction of sp³-hybridized carbons (Fsp3) is 0.409. The Labute approximate surface area is 165 Å². The maximum absolute atomic E-state index is 12.4. The van der Waals surface area contributed by atoms with E-state index in [4.69, 9.17) is 4.74 Å². The number of para-hydroxylation sites is 2. The molecule has 1 aliphatic heterocycles. The number of ether oxygens (including phenoxy) is 1. The van der Waals surface area contributed by atoms with E-state index in [-0.39, 0.29) is 24.0 Å². The zero-order chi connectivity index (χ0) is 19.9. The zero-order valence-corrected chi connectivity index (χ0v) is 16.2. The average Bonchev–Trinajstić information content (AvgIpc) is 2.72. The van der Waals surface area contributed by atoms with Gasteiger partial charge in [0, 0.05) is 19.2 Å². The molecule has 0 atom stereocenters. The molecule has 0 N–H and O–H groups in total. The number of nitrogens with zero attached hydrogens (tertiary/aromatic N) is 2. The van der Waals surface area contributed by atoms with Gasteiger partial charge in [-0.3, -0.25) is 14.9 Å². The molecule has 1 aliphatic rings. The van der Waals surface area contributed by atoms with Crippen LogP contribution in [0.5, 0.6) is 5.75 Å². The monoisotopic (exact) mass is 382 g/mol. The number of hydrogen-bond donors (Lipinski definition) is 0. The highest BCUT2D eigenvalue weighted by Crippen LogP contribution is 2.26. The number of aryl methyl sites for hydroxylation is 2. The Morgan fingerprint density at radius 3 is 2.50 bits per heavy atom. The largest absolute Gasteiger partial charge is 0.477 e. The normalized spacial score (nSPS) is 14.7. The van der Waals surface area contributed by atoms with Gasteiger partial charge < -0.3 is 9.64 Å². The van der Waals surface area contributed by atoms with Crippen LogP contribution in [0.25, 0.3) is 0 Å². The molecular formula is C22H26N2O4. The molecule has 6 nitrogen and oxygen atoms in total. The van der Waals surface area contributed by atoms with Gasteiger partial charge in [0.25, 0.3) is 5.91 Å². The molecule has 1 amide bonds. The lowest BCUT2D eigenvalue weighted by Crippen LogP contribution is -2.41. The van der Waals surface area contributed by atoms with E-state index < -0.39 is 4.92 Å². The maximum atomic E-state index is 12.4. The third-order valence-corrected chi connectivity index (χ3v) is 5.34. The van der Waals surface area contributed by atoms with Crippen LogP contribution in [0.4, 0.5) is 5.69 Å². The van der Waals surface area contributed by atoms with E-state index in [2.05, 4.69) is 31.2 Å². The number of benzene rings is 2.